The molecule has 1 saturated heterocycles. The van der Waals surface area contributed by atoms with Crippen molar-refractivity contribution in [3.8, 4) is 5.88 Å². The second-order valence-corrected chi connectivity index (χ2v) is 11.1. The van der Waals surface area contributed by atoms with Crippen LogP contribution in [0.5, 0.6) is 5.88 Å². The molecule has 14 heteroatoms. The van der Waals surface area contributed by atoms with Crippen LogP contribution in [0, 0.1) is 0 Å². The molecule has 2 amide bonds. The molecule has 10 nitrogen and oxygen atoms in total. The Morgan fingerprint density at radius 3 is 2.33 bits per heavy atom. The highest BCUT2D eigenvalue weighted by Crippen LogP contribution is 2.39. The van der Waals surface area contributed by atoms with Crippen LogP contribution in [-0.2, 0) is 17.5 Å². The van der Waals surface area contributed by atoms with Gasteiger partial charge in [-0.15, -0.1) is 11.3 Å². The van der Waals surface area contributed by atoms with E-state index in [2.05, 4.69) is 15.3 Å². The van der Waals surface area contributed by atoms with Crippen LogP contribution in [-0.4, -0.2) is 46.7 Å². The Morgan fingerprint density at radius 1 is 1.13 bits per heavy atom. The predicted molar refractivity (Wildman–Crippen MR) is 141 cm³/mol. The van der Waals surface area contributed by atoms with Crippen LogP contribution >= 0.6 is 11.3 Å². The summed E-state index contributed by atoms with van der Waals surface area (Å²) in [6, 6.07) is 4.49. The first-order chi connectivity index (χ1) is 18.2. The number of nitrogens with one attached hydrogen (secondary N) is 1. The van der Waals surface area contributed by atoms with E-state index < -0.39 is 29.3 Å². The average Bonchev–Trinajstić information content (AvgIpc) is 3.18. The van der Waals surface area contributed by atoms with Crippen molar-refractivity contribution in [2.75, 3.05) is 23.7 Å². The van der Waals surface area contributed by atoms with Crippen molar-refractivity contribution in [2.45, 2.75) is 58.0 Å². The zero-order chi connectivity index (χ0) is 28.5. The number of ether oxygens (including phenoxy) is 2. The van der Waals surface area contributed by atoms with Crippen LogP contribution in [0.25, 0.3) is 10.2 Å². The molecule has 1 fully saturated rings. The number of piperidine rings is 1. The number of halogens is 3. The number of carbonyl (C=O) groups is 2. The number of alkyl carbamates (subject to hydrolysis) is 1. The maximum absolute atomic E-state index is 12.9. The van der Waals surface area contributed by atoms with Gasteiger partial charge in [0.25, 0.3) is 5.91 Å². The fourth-order valence-corrected chi connectivity index (χ4v) is 4.98. The van der Waals surface area contributed by atoms with Gasteiger partial charge in [-0.1, -0.05) is 12.1 Å². The maximum Gasteiger partial charge on any atom is 0.416 e. The lowest BCUT2D eigenvalue weighted by atomic mass is 10.1. The summed E-state index contributed by atoms with van der Waals surface area (Å²) in [5.74, 6) is -0.303. The Bertz CT molecular complexity index is 1360. The number of carbonyl (C=O) groups excluding carboxylic acids is 2. The first kappa shape index (κ1) is 28.2. The molecule has 4 rings (SSSR count). The second-order valence-electron chi connectivity index (χ2n) is 10.1. The molecule has 5 N–H and O–H groups in total. The summed E-state index contributed by atoms with van der Waals surface area (Å²) in [6.07, 6.45) is -3.70. The lowest BCUT2D eigenvalue weighted by Crippen LogP contribution is -2.46. The summed E-state index contributed by atoms with van der Waals surface area (Å²) in [4.78, 5) is 35.6. The normalized spacial score (nSPS) is 14.9. The van der Waals surface area contributed by atoms with Gasteiger partial charge in [-0.3, -0.25) is 4.79 Å². The first-order valence-corrected chi connectivity index (χ1v) is 13.0. The number of alkyl halides is 3. The molecular formula is C25H29F3N6O4S. The van der Waals surface area contributed by atoms with Crippen molar-refractivity contribution in [3.05, 3.63) is 40.3 Å². The van der Waals surface area contributed by atoms with Gasteiger partial charge in [-0.25, -0.2) is 9.78 Å². The van der Waals surface area contributed by atoms with E-state index in [-0.39, 0.29) is 29.1 Å². The third kappa shape index (κ3) is 6.80. The van der Waals surface area contributed by atoms with Crippen molar-refractivity contribution >= 4 is 45.2 Å². The van der Waals surface area contributed by atoms with Crippen molar-refractivity contribution < 1.29 is 32.2 Å². The molecule has 0 atom stereocenters. The summed E-state index contributed by atoms with van der Waals surface area (Å²) in [5.41, 5.74) is 10.8. The van der Waals surface area contributed by atoms with E-state index in [9.17, 15) is 22.8 Å². The minimum Gasteiger partial charge on any atom is -0.472 e. The van der Waals surface area contributed by atoms with Gasteiger partial charge in [0.15, 0.2) is 0 Å². The number of nitrogens with zero attached hydrogens (tertiary/aromatic N) is 3. The SMILES string of the molecule is CC(C)(C)OC(=O)NC1CCN(c2nc(OCc3ccc(C(F)(F)F)cc3)c3c(N)c(C(N)=O)sc3n2)CC1. The van der Waals surface area contributed by atoms with E-state index in [4.69, 9.17) is 20.9 Å². The van der Waals surface area contributed by atoms with E-state index in [1.54, 1.807) is 20.8 Å². The quantitative estimate of drug-likeness (QED) is 0.396. The molecule has 0 aliphatic carbocycles. The summed E-state index contributed by atoms with van der Waals surface area (Å²) >= 11 is 1.01. The van der Waals surface area contributed by atoms with Gasteiger partial charge in [-0.2, -0.15) is 18.2 Å². The summed E-state index contributed by atoms with van der Waals surface area (Å²) < 4.78 is 49.9. The molecule has 0 saturated carbocycles. The molecule has 1 aliphatic heterocycles. The molecule has 3 heterocycles. The molecular weight excluding hydrogens is 537 g/mol. The Hall–Kier alpha value is -3.81. The average molecular weight is 567 g/mol. The monoisotopic (exact) mass is 566 g/mol. The highest BCUT2D eigenvalue weighted by Gasteiger charge is 2.30. The number of hydrogen-bond donors (Lipinski definition) is 3. The van der Waals surface area contributed by atoms with Gasteiger partial charge < -0.3 is 31.2 Å². The van der Waals surface area contributed by atoms with E-state index in [1.807, 2.05) is 4.90 Å². The number of primary amides is 1. The molecule has 0 radical (unpaired) electrons. The zero-order valence-corrected chi connectivity index (χ0v) is 22.4. The van der Waals surface area contributed by atoms with Gasteiger partial charge in [0.2, 0.25) is 11.8 Å². The zero-order valence-electron chi connectivity index (χ0n) is 21.6. The molecule has 3 aromatic rings. The van der Waals surface area contributed by atoms with E-state index in [0.717, 1.165) is 23.5 Å². The lowest BCUT2D eigenvalue weighted by molar-refractivity contribution is -0.137. The largest absolute Gasteiger partial charge is 0.472 e. The maximum atomic E-state index is 12.9. The number of thiophene rings is 1. The third-order valence-corrected chi connectivity index (χ3v) is 7.04. The number of rotatable bonds is 6. The predicted octanol–water partition coefficient (Wildman–Crippen LogP) is 4.46. The van der Waals surface area contributed by atoms with Crippen LogP contribution in [0.3, 0.4) is 0 Å². The Labute approximate surface area is 226 Å². The highest BCUT2D eigenvalue weighted by molar-refractivity contribution is 7.21. The Kier molecular flexibility index (Phi) is 7.77. The lowest BCUT2D eigenvalue weighted by Gasteiger charge is -2.33. The number of hydrogen-bond acceptors (Lipinski definition) is 9. The number of fused-ring (bicyclic) bond motifs is 1. The van der Waals surface area contributed by atoms with E-state index in [1.165, 1.54) is 12.1 Å². The summed E-state index contributed by atoms with van der Waals surface area (Å²) in [7, 11) is 0. The smallest absolute Gasteiger partial charge is 0.416 e. The van der Waals surface area contributed by atoms with Crippen molar-refractivity contribution in [1.29, 1.82) is 0 Å². The molecule has 1 aliphatic rings. The van der Waals surface area contributed by atoms with Crippen LogP contribution in [0.1, 0.15) is 54.4 Å². The molecule has 0 bridgehead atoms. The summed E-state index contributed by atoms with van der Waals surface area (Å²) in [6.45, 7) is 6.33. The topological polar surface area (TPSA) is 146 Å². The van der Waals surface area contributed by atoms with Crippen LogP contribution < -0.4 is 26.4 Å². The number of benzene rings is 1. The number of amides is 2. The first-order valence-electron chi connectivity index (χ1n) is 12.1. The van der Waals surface area contributed by atoms with E-state index in [0.29, 0.717) is 47.7 Å². The van der Waals surface area contributed by atoms with Crippen LogP contribution in [0.2, 0.25) is 0 Å². The Balaban J connectivity index is 1.54. The minimum absolute atomic E-state index is 0.0803. The molecule has 210 valence electrons. The number of anilines is 2. The van der Waals surface area contributed by atoms with Gasteiger partial charge in [0, 0.05) is 19.1 Å². The van der Waals surface area contributed by atoms with E-state index >= 15 is 0 Å². The van der Waals surface area contributed by atoms with Gasteiger partial charge in [0.1, 0.15) is 21.9 Å². The summed E-state index contributed by atoms with van der Waals surface area (Å²) in [5, 5.41) is 3.18. The number of nitrogen functional groups attached to an aromatic ring is 1. The molecule has 39 heavy (non-hydrogen) atoms. The van der Waals surface area contributed by atoms with Gasteiger partial charge in [-0.05, 0) is 51.3 Å². The fraction of sp³-hybridized carbons (Fsp3) is 0.440. The molecule has 0 spiro atoms. The van der Waals surface area contributed by atoms with Crippen molar-refractivity contribution in [2.24, 2.45) is 5.73 Å². The number of aromatic nitrogens is 2. The van der Waals surface area contributed by atoms with Crippen LogP contribution in [0.15, 0.2) is 24.3 Å². The standard InChI is InChI=1S/C25H29F3N6O4S/c1-24(2,3)38-23(36)31-15-8-10-34(11-9-15)22-32-20(16-17(29)18(19(30)35)39-21(16)33-22)37-12-13-4-6-14(7-5-13)25(26,27)28/h4-7,15H,8-12,29H2,1-3H3,(H2,30,35)(H,31,36). The second kappa shape index (κ2) is 10.8. The minimum atomic E-state index is -4.45. The van der Waals surface area contributed by atoms with Crippen molar-refractivity contribution in [1.82, 2.24) is 15.3 Å². The molecule has 2 aromatic heterocycles. The third-order valence-electron chi connectivity index (χ3n) is 5.92. The molecule has 1 aromatic carbocycles. The van der Waals surface area contributed by atoms with Gasteiger partial charge in [0.05, 0.1) is 16.6 Å². The number of nitrogens with two attached hydrogens (primary N) is 2. The highest BCUT2D eigenvalue weighted by atomic mass is 32.1. The van der Waals surface area contributed by atoms with Crippen LogP contribution in [0.4, 0.5) is 29.6 Å². The van der Waals surface area contributed by atoms with Crippen molar-refractivity contribution in [3.63, 3.8) is 0 Å². The van der Waals surface area contributed by atoms with Gasteiger partial charge >= 0.3 is 12.3 Å². The Morgan fingerprint density at radius 2 is 1.77 bits per heavy atom. The fourth-order valence-electron chi connectivity index (χ4n) is 4.05. The molecule has 0 unspecified atom stereocenters.